The maximum atomic E-state index is 12.3. The van der Waals surface area contributed by atoms with Crippen LogP contribution in [0.3, 0.4) is 0 Å². The van der Waals surface area contributed by atoms with Crippen LogP contribution in [-0.4, -0.2) is 30.9 Å². The van der Waals surface area contributed by atoms with Crippen LogP contribution in [0, 0.1) is 12.8 Å². The Morgan fingerprint density at radius 1 is 1.35 bits per heavy atom. The fraction of sp³-hybridized carbons (Fsp3) is 0.538. The van der Waals surface area contributed by atoms with Crippen LogP contribution in [0.25, 0.3) is 0 Å². The molecule has 1 aliphatic rings. The Balaban J connectivity index is 2.20. The quantitative estimate of drug-likeness (QED) is 0.842. The van der Waals surface area contributed by atoms with E-state index in [0.29, 0.717) is 29.6 Å². The smallest absolute Gasteiger partial charge is 0.301 e. The van der Waals surface area contributed by atoms with Crippen molar-refractivity contribution >= 4 is 27.5 Å². The van der Waals surface area contributed by atoms with Crippen molar-refractivity contribution in [3.05, 3.63) is 22.7 Å². The largest absolute Gasteiger partial charge is 0.505 e. The van der Waals surface area contributed by atoms with E-state index in [-0.39, 0.29) is 11.4 Å². The Labute approximate surface area is 124 Å². The molecule has 2 N–H and O–H groups in total. The summed E-state index contributed by atoms with van der Waals surface area (Å²) < 4.78 is 28.4. The minimum absolute atomic E-state index is 0.0941. The highest BCUT2D eigenvalue weighted by molar-refractivity contribution is 7.90. The zero-order valence-corrected chi connectivity index (χ0v) is 13.1. The molecule has 1 fully saturated rings. The molecule has 7 heteroatoms. The van der Waals surface area contributed by atoms with Crippen LogP contribution in [0.4, 0.5) is 5.69 Å². The molecule has 112 valence electrons. The second-order valence-electron chi connectivity index (χ2n) is 5.31. The van der Waals surface area contributed by atoms with E-state index >= 15 is 0 Å². The van der Waals surface area contributed by atoms with Gasteiger partial charge in [-0.1, -0.05) is 18.5 Å². The lowest BCUT2D eigenvalue weighted by molar-refractivity contribution is 0.289. The summed E-state index contributed by atoms with van der Waals surface area (Å²) in [5, 5.41) is 10.3. The van der Waals surface area contributed by atoms with Gasteiger partial charge in [-0.15, -0.1) is 0 Å². The molecule has 1 aliphatic heterocycles. The van der Waals surface area contributed by atoms with Crippen LogP contribution in [0.15, 0.2) is 12.1 Å². The van der Waals surface area contributed by atoms with Crippen LogP contribution < -0.4 is 4.72 Å². The molecule has 1 aromatic carbocycles. The summed E-state index contributed by atoms with van der Waals surface area (Å²) in [5.41, 5.74) is 0.649. The molecule has 1 saturated heterocycles. The van der Waals surface area contributed by atoms with E-state index in [1.807, 2.05) is 0 Å². The van der Waals surface area contributed by atoms with Crippen LogP contribution >= 0.6 is 11.6 Å². The summed E-state index contributed by atoms with van der Waals surface area (Å²) in [6.07, 6.45) is 1.70. The van der Waals surface area contributed by atoms with E-state index in [1.165, 1.54) is 10.4 Å². The van der Waals surface area contributed by atoms with E-state index in [4.69, 9.17) is 11.6 Å². The standard InChI is InChI=1S/C13H19ClN2O3S/c1-9-3-5-16(6-4-9)20(18,19)15-12-8-11(14)7-10(2)13(12)17/h7-9,15,17H,3-6H2,1-2H3. The van der Waals surface area contributed by atoms with Gasteiger partial charge >= 0.3 is 10.2 Å². The molecular formula is C13H19ClN2O3S. The Kier molecular flexibility index (Phi) is 4.46. The fourth-order valence-electron chi connectivity index (χ4n) is 2.24. The van der Waals surface area contributed by atoms with Gasteiger partial charge in [0.1, 0.15) is 5.75 Å². The van der Waals surface area contributed by atoms with Crippen molar-refractivity contribution in [2.75, 3.05) is 17.8 Å². The van der Waals surface area contributed by atoms with Crippen molar-refractivity contribution in [2.45, 2.75) is 26.7 Å². The van der Waals surface area contributed by atoms with E-state index in [1.54, 1.807) is 13.0 Å². The molecule has 0 bridgehead atoms. The Morgan fingerprint density at radius 2 is 1.95 bits per heavy atom. The van der Waals surface area contributed by atoms with Crippen molar-refractivity contribution in [3.63, 3.8) is 0 Å². The molecule has 1 aromatic rings. The minimum atomic E-state index is -3.65. The van der Waals surface area contributed by atoms with Crippen LogP contribution in [0.5, 0.6) is 5.75 Å². The molecular weight excluding hydrogens is 300 g/mol. The summed E-state index contributed by atoms with van der Waals surface area (Å²) in [7, 11) is -3.65. The number of aryl methyl sites for hydroxylation is 1. The predicted octanol–water partition coefficient (Wildman–Crippen LogP) is 2.74. The van der Waals surface area contributed by atoms with Gasteiger partial charge in [0.15, 0.2) is 0 Å². The highest BCUT2D eigenvalue weighted by Crippen LogP contribution is 2.32. The normalized spacial score (nSPS) is 18.1. The summed E-state index contributed by atoms with van der Waals surface area (Å²) in [6.45, 7) is 4.78. The fourth-order valence-corrected chi connectivity index (χ4v) is 3.77. The molecule has 0 aliphatic carbocycles. The molecule has 0 aromatic heterocycles. The third-order valence-electron chi connectivity index (χ3n) is 3.59. The van der Waals surface area contributed by atoms with Gasteiger partial charge in [0.25, 0.3) is 0 Å². The van der Waals surface area contributed by atoms with Gasteiger partial charge in [0, 0.05) is 18.1 Å². The first-order valence-electron chi connectivity index (χ1n) is 6.56. The SMILES string of the molecule is Cc1cc(Cl)cc(NS(=O)(=O)N2CCC(C)CC2)c1O. The molecule has 0 radical (unpaired) electrons. The third-order valence-corrected chi connectivity index (χ3v) is 5.33. The number of halogens is 1. The van der Waals surface area contributed by atoms with E-state index < -0.39 is 10.2 Å². The summed E-state index contributed by atoms with van der Waals surface area (Å²) in [6, 6.07) is 2.99. The number of nitrogens with zero attached hydrogens (tertiary/aromatic N) is 1. The third kappa shape index (κ3) is 3.37. The predicted molar refractivity (Wildman–Crippen MR) is 80.4 cm³/mol. The number of rotatable bonds is 3. The Morgan fingerprint density at radius 3 is 2.55 bits per heavy atom. The van der Waals surface area contributed by atoms with Gasteiger partial charge < -0.3 is 5.11 Å². The maximum absolute atomic E-state index is 12.3. The van der Waals surface area contributed by atoms with Crippen molar-refractivity contribution in [2.24, 2.45) is 5.92 Å². The summed E-state index contributed by atoms with van der Waals surface area (Å²) >= 11 is 5.90. The Bertz CT molecular complexity index is 596. The first kappa shape index (κ1) is 15.4. The number of phenols is 1. The number of anilines is 1. The first-order chi connectivity index (χ1) is 9.29. The first-order valence-corrected chi connectivity index (χ1v) is 8.38. The Hall–Kier alpha value is -0.980. The second kappa shape index (κ2) is 5.79. The van der Waals surface area contributed by atoms with Gasteiger partial charge in [-0.3, -0.25) is 4.72 Å². The van der Waals surface area contributed by atoms with Crippen molar-refractivity contribution in [3.8, 4) is 5.75 Å². The van der Waals surface area contributed by atoms with Crippen molar-refractivity contribution in [1.29, 1.82) is 0 Å². The van der Waals surface area contributed by atoms with Crippen LogP contribution in [-0.2, 0) is 10.2 Å². The number of piperidine rings is 1. The number of hydrogen-bond donors (Lipinski definition) is 2. The second-order valence-corrected chi connectivity index (χ2v) is 7.41. The lowest BCUT2D eigenvalue weighted by Gasteiger charge is -2.29. The van der Waals surface area contributed by atoms with Crippen molar-refractivity contribution < 1.29 is 13.5 Å². The van der Waals surface area contributed by atoms with Crippen molar-refractivity contribution in [1.82, 2.24) is 4.31 Å². The van der Waals surface area contributed by atoms with Crippen LogP contribution in [0.1, 0.15) is 25.3 Å². The van der Waals surface area contributed by atoms with E-state index in [0.717, 1.165) is 12.8 Å². The molecule has 0 unspecified atom stereocenters. The summed E-state index contributed by atoms with van der Waals surface area (Å²) in [5.74, 6) is 0.451. The summed E-state index contributed by atoms with van der Waals surface area (Å²) in [4.78, 5) is 0. The zero-order chi connectivity index (χ0) is 14.9. The van der Waals surface area contributed by atoms with Gasteiger partial charge in [-0.05, 0) is 43.4 Å². The lowest BCUT2D eigenvalue weighted by Crippen LogP contribution is -2.41. The lowest BCUT2D eigenvalue weighted by atomic mass is 10.0. The molecule has 1 heterocycles. The van der Waals surface area contributed by atoms with Gasteiger partial charge in [0.2, 0.25) is 0 Å². The molecule has 0 saturated carbocycles. The molecule has 0 spiro atoms. The maximum Gasteiger partial charge on any atom is 0.301 e. The van der Waals surface area contributed by atoms with Gasteiger partial charge in [-0.25, -0.2) is 0 Å². The highest BCUT2D eigenvalue weighted by atomic mass is 35.5. The molecule has 0 atom stereocenters. The average molecular weight is 319 g/mol. The zero-order valence-electron chi connectivity index (χ0n) is 11.6. The topological polar surface area (TPSA) is 69.6 Å². The molecule has 0 amide bonds. The minimum Gasteiger partial charge on any atom is -0.505 e. The number of aromatic hydroxyl groups is 1. The molecule has 5 nitrogen and oxygen atoms in total. The molecule has 2 rings (SSSR count). The number of nitrogens with one attached hydrogen (secondary N) is 1. The molecule has 20 heavy (non-hydrogen) atoms. The number of benzene rings is 1. The average Bonchev–Trinajstić information content (AvgIpc) is 2.35. The van der Waals surface area contributed by atoms with Gasteiger partial charge in [0.05, 0.1) is 5.69 Å². The number of hydrogen-bond acceptors (Lipinski definition) is 3. The van der Waals surface area contributed by atoms with Crippen LogP contribution in [0.2, 0.25) is 5.02 Å². The van der Waals surface area contributed by atoms with Gasteiger partial charge in [-0.2, -0.15) is 12.7 Å². The van der Waals surface area contributed by atoms with E-state index in [9.17, 15) is 13.5 Å². The highest BCUT2D eigenvalue weighted by Gasteiger charge is 2.27. The number of phenolic OH excluding ortho intramolecular Hbond substituents is 1. The van der Waals surface area contributed by atoms with E-state index in [2.05, 4.69) is 11.6 Å². The monoisotopic (exact) mass is 318 g/mol.